The number of rotatable bonds is 3. The number of benzene rings is 2. The molecule has 0 spiro atoms. The smallest absolute Gasteiger partial charge is 0.127 e. The van der Waals surface area contributed by atoms with Gasteiger partial charge in [-0.15, -0.1) is 12.4 Å². The van der Waals surface area contributed by atoms with Crippen LogP contribution in [0.5, 0.6) is 11.5 Å². The Hall–Kier alpha value is -1.78. The molecule has 0 aromatic heterocycles. The maximum atomic E-state index is 12.6. The molecule has 5 heteroatoms. The Bertz CT molecular complexity index is 459. The molecule has 0 atom stereocenters. The molecule has 2 aromatic carbocycles. The first-order valence-corrected chi connectivity index (χ1v) is 4.78. The fraction of sp³-hybridized carbons (Fsp3) is 0. The van der Waals surface area contributed by atoms with Crippen LogP contribution in [0, 0.1) is 5.82 Å². The summed E-state index contributed by atoms with van der Waals surface area (Å²) in [5.41, 5.74) is 3.32. The average Bonchev–Trinajstić information content (AvgIpc) is 2.33. The Kier molecular flexibility index (Phi) is 4.75. The third-order valence-electron chi connectivity index (χ3n) is 2.07. The summed E-state index contributed by atoms with van der Waals surface area (Å²) in [6.07, 6.45) is 0. The topological polar surface area (TPSA) is 47.3 Å². The molecule has 2 rings (SSSR count). The monoisotopic (exact) mass is 254 g/mol. The minimum absolute atomic E-state index is 0. The maximum Gasteiger partial charge on any atom is 0.127 e. The molecule has 0 saturated heterocycles. The molecular formula is C12H12ClFN2O. The van der Waals surface area contributed by atoms with Crippen molar-refractivity contribution in [3.05, 3.63) is 54.3 Å². The van der Waals surface area contributed by atoms with Crippen molar-refractivity contribution in [3.8, 4) is 11.5 Å². The van der Waals surface area contributed by atoms with Gasteiger partial charge in [0.15, 0.2) is 0 Å². The third-order valence-corrected chi connectivity index (χ3v) is 2.07. The molecule has 17 heavy (non-hydrogen) atoms. The minimum Gasteiger partial charge on any atom is -0.457 e. The van der Waals surface area contributed by atoms with Gasteiger partial charge in [0.05, 0.1) is 0 Å². The van der Waals surface area contributed by atoms with Crippen molar-refractivity contribution in [2.75, 3.05) is 5.43 Å². The Labute approximate surface area is 105 Å². The highest BCUT2D eigenvalue weighted by molar-refractivity contribution is 5.85. The molecule has 90 valence electrons. The average molecular weight is 255 g/mol. The number of anilines is 1. The van der Waals surface area contributed by atoms with Crippen LogP contribution in [0.4, 0.5) is 10.1 Å². The number of halogens is 2. The predicted molar refractivity (Wildman–Crippen MR) is 68.0 cm³/mol. The molecule has 0 saturated carbocycles. The highest BCUT2D eigenvalue weighted by atomic mass is 35.5. The van der Waals surface area contributed by atoms with E-state index in [0.29, 0.717) is 11.5 Å². The van der Waals surface area contributed by atoms with E-state index in [-0.39, 0.29) is 18.2 Å². The molecule has 0 unspecified atom stereocenters. The molecule has 0 aliphatic rings. The van der Waals surface area contributed by atoms with Gasteiger partial charge in [-0.2, -0.15) is 0 Å². The first-order valence-electron chi connectivity index (χ1n) is 4.78. The molecule has 0 fully saturated rings. The molecule has 0 aliphatic carbocycles. The van der Waals surface area contributed by atoms with E-state index in [1.54, 1.807) is 36.4 Å². The summed E-state index contributed by atoms with van der Waals surface area (Å²) in [7, 11) is 0. The lowest BCUT2D eigenvalue weighted by Crippen LogP contribution is -2.05. The first-order chi connectivity index (χ1) is 7.78. The second kappa shape index (κ2) is 6.08. The number of nitrogens with two attached hydrogens (primary N) is 1. The number of hydrogen-bond donors (Lipinski definition) is 2. The van der Waals surface area contributed by atoms with Crippen molar-refractivity contribution in [2.45, 2.75) is 0 Å². The van der Waals surface area contributed by atoms with Gasteiger partial charge in [-0.05, 0) is 48.5 Å². The van der Waals surface area contributed by atoms with Crippen LogP contribution in [-0.4, -0.2) is 0 Å². The van der Waals surface area contributed by atoms with Crippen molar-refractivity contribution in [1.29, 1.82) is 0 Å². The number of hydrazine groups is 1. The van der Waals surface area contributed by atoms with E-state index < -0.39 is 0 Å². The van der Waals surface area contributed by atoms with E-state index in [1.165, 1.54) is 12.1 Å². The SMILES string of the molecule is Cl.NNc1ccc(Oc2ccc(F)cc2)cc1. The van der Waals surface area contributed by atoms with Gasteiger partial charge in [0.1, 0.15) is 17.3 Å². The van der Waals surface area contributed by atoms with Gasteiger partial charge in [0.2, 0.25) is 0 Å². The van der Waals surface area contributed by atoms with E-state index >= 15 is 0 Å². The fourth-order valence-electron chi connectivity index (χ4n) is 1.26. The summed E-state index contributed by atoms with van der Waals surface area (Å²) < 4.78 is 18.1. The van der Waals surface area contributed by atoms with Crippen LogP contribution < -0.4 is 16.0 Å². The van der Waals surface area contributed by atoms with E-state index in [4.69, 9.17) is 10.6 Å². The van der Waals surface area contributed by atoms with Crippen molar-refractivity contribution in [1.82, 2.24) is 0 Å². The molecule has 3 nitrogen and oxygen atoms in total. The van der Waals surface area contributed by atoms with Gasteiger partial charge in [-0.25, -0.2) is 4.39 Å². The largest absolute Gasteiger partial charge is 0.457 e. The Morgan fingerprint density at radius 1 is 0.882 bits per heavy atom. The predicted octanol–water partition coefficient (Wildman–Crippen LogP) is 3.33. The fourth-order valence-corrected chi connectivity index (χ4v) is 1.26. The Balaban J connectivity index is 0.00000144. The molecule has 0 bridgehead atoms. The van der Waals surface area contributed by atoms with Crippen LogP contribution in [0.2, 0.25) is 0 Å². The minimum atomic E-state index is -0.282. The lowest BCUT2D eigenvalue weighted by Gasteiger charge is -2.06. The van der Waals surface area contributed by atoms with Crippen LogP contribution in [0.25, 0.3) is 0 Å². The van der Waals surface area contributed by atoms with Gasteiger partial charge in [-0.1, -0.05) is 0 Å². The van der Waals surface area contributed by atoms with E-state index in [9.17, 15) is 4.39 Å². The molecule has 0 amide bonds. The molecule has 0 heterocycles. The Morgan fingerprint density at radius 3 is 1.82 bits per heavy atom. The maximum absolute atomic E-state index is 12.6. The standard InChI is InChI=1S/C12H11FN2O.ClH/c13-9-1-5-11(6-2-9)16-12-7-3-10(15-14)4-8-12;/h1-8,15H,14H2;1H. The van der Waals surface area contributed by atoms with Crippen molar-refractivity contribution in [2.24, 2.45) is 5.84 Å². The lowest BCUT2D eigenvalue weighted by molar-refractivity contribution is 0.480. The summed E-state index contributed by atoms with van der Waals surface area (Å²) in [5.74, 6) is 6.22. The quantitative estimate of drug-likeness (QED) is 0.652. The summed E-state index contributed by atoms with van der Waals surface area (Å²) in [4.78, 5) is 0. The van der Waals surface area contributed by atoms with Crippen molar-refractivity contribution < 1.29 is 9.13 Å². The molecule has 0 radical (unpaired) electrons. The molecular weight excluding hydrogens is 243 g/mol. The van der Waals surface area contributed by atoms with Crippen molar-refractivity contribution >= 4 is 18.1 Å². The number of hydrogen-bond acceptors (Lipinski definition) is 3. The zero-order chi connectivity index (χ0) is 11.4. The molecule has 0 aliphatic heterocycles. The summed E-state index contributed by atoms with van der Waals surface area (Å²) in [6, 6.07) is 13.0. The Morgan fingerprint density at radius 2 is 1.35 bits per heavy atom. The number of nitrogen functional groups attached to an aromatic ring is 1. The summed E-state index contributed by atoms with van der Waals surface area (Å²) in [6.45, 7) is 0. The first kappa shape index (κ1) is 13.3. The second-order valence-corrected chi connectivity index (χ2v) is 3.22. The van der Waals surface area contributed by atoms with E-state index in [1.807, 2.05) is 0 Å². The molecule has 2 aromatic rings. The summed E-state index contributed by atoms with van der Waals surface area (Å²) >= 11 is 0. The second-order valence-electron chi connectivity index (χ2n) is 3.22. The van der Waals surface area contributed by atoms with Crippen LogP contribution >= 0.6 is 12.4 Å². The van der Waals surface area contributed by atoms with Crippen molar-refractivity contribution in [3.63, 3.8) is 0 Å². The summed E-state index contributed by atoms with van der Waals surface area (Å²) in [5, 5.41) is 0. The highest BCUT2D eigenvalue weighted by Crippen LogP contribution is 2.22. The zero-order valence-corrected chi connectivity index (χ0v) is 9.71. The normalized spacial score (nSPS) is 9.29. The van der Waals surface area contributed by atoms with Gasteiger partial charge in [0, 0.05) is 5.69 Å². The van der Waals surface area contributed by atoms with Gasteiger partial charge in [-0.3, -0.25) is 5.84 Å². The highest BCUT2D eigenvalue weighted by Gasteiger charge is 1.97. The number of nitrogens with one attached hydrogen (secondary N) is 1. The molecule has 3 N–H and O–H groups in total. The zero-order valence-electron chi connectivity index (χ0n) is 8.89. The van der Waals surface area contributed by atoms with Gasteiger partial charge < -0.3 is 10.2 Å². The van der Waals surface area contributed by atoms with Crippen LogP contribution in [0.1, 0.15) is 0 Å². The lowest BCUT2D eigenvalue weighted by atomic mass is 10.3. The van der Waals surface area contributed by atoms with Gasteiger partial charge in [0.25, 0.3) is 0 Å². The third kappa shape index (κ3) is 3.62. The van der Waals surface area contributed by atoms with Crippen LogP contribution in [0.3, 0.4) is 0 Å². The number of ether oxygens (including phenoxy) is 1. The van der Waals surface area contributed by atoms with E-state index in [0.717, 1.165) is 5.69 Å². The van der Waals surface area contributed by atoms with Crippen LogP contribution in [0.15, 0.2) is 48.5 Å². The van der Waals surface area contributed by atoms with Gasteiger partial charge >= 0.3 is 0 Å². The van der Waals surface area contributed by atoms with E-state index in [2.05, 4.69) is 5.43 Å². The van der Waals surface area contributed by atoms with Crippen LogP contribution in [-0.2, 0) is 0 Å².